The molecule has 0 aliphatic carbocycles. The van der Waals surface area contributed by atoms with Gasteiger partial charge in [-0.05, 0) is 29.9 Å². The van der Waals surface area contributed by atoms with Crippen LogP contribution in [0, 0.1) is 0 Å². The van der Waals surface area contributed by atoms with Gasteiger partial charge in [-0.2, -0.15) is 0 Å². The van der Waals surface area contributed by atoms with E-state index in [1.165, 1.54) is 5.56 Å². The fourth-order valence-electron chi connectivity index (χ4n) is 2.12. The van der Waals surface area contributed by atoms with E-state index in [1.807, 2.05) is 13.8 Å². The highest BCUT2D eigenvalue weighted by Crippen LogP contribution is 2.23. The van der Waals surface area contributed by atoms with Crippen molar-refractivity contribution >= 4 is 5.91 Å². The molecule has 0 spiro atoms. The number of nitrogens with two attached hydrogens (primary N) is 1. The zero-order valence-corrected chi connectivity index (χ0v) is 13.4. The summed E-state index contributed by atoms with van der Waals surface area (Å²) in [6, 6.07) is 8.00. The predicted octanol–water partition coefficient (Wildman–Crippen LogP) is 3.29. The predicted molar refractivity (Wildman–Crippen MR) is 84.6 cm³/mol. The standard InChI is InChI=1S/C17H28N2O/c1-6-7-15(18)16(20)19-12(2)13-8-10-14(11-9-13)17(3,4)5/h8-12,15H,6-7,18H2,1-5H3,(H,19,20)/t12?,15-/m1/s1. The molecule has 1 aromatic rings. The highest BCUT2D eigenvalue weighted by molar-refractivity contribution is 5.81. The molecule has 0 aliphatic heterocycles. The number of amides is 1. The Morgan fingerprint density at radius 1 is 1.25 bits per heavy atom. The van der Waals surface area contributed by atoms with E-state index in [2.05, 4.69) is 50.4 Å². The zero-order chi connectivity index (χ0) is 15.3. The Kier molecular flexibility index (Phi) is 5.75. The van der Waals surface area contributed by atoms with Gasteiger partial charge in [-0.1, -0.05) is 58.4 Å². The number of nitrogens with one attached hydrogen (secondary N) is 1. The van der Waals surface area contributed by atoms with Crippen LogP contribution in [0.2, 0.25) is 0 Å². The van der Waals surface area contributed by atoms with Gasteiger partial charge in [0, 0.05) is 0 Å². The second-order valence-corrected chi connectivity index (χ2v) is 6.50. The largest absolute Gasteiger partial charge is 0.348 e. The van der Waals surface area contributed by atoms with Gasteiger partial charge in [0.05, 0.1) is 12.1 Å². The number of hydrogen-bond donors (Lipinski definition) is 2. The second-order valence-electron chi connectivity index (χ2n) is 6.50. The molecule has 0 heterocycles. The van der Waals surface area contributed by atoms with E-state index >= 15 is 0 Å². The molecule has 0 saturated heterocycles. The Morgan fingerprint density at radius 2 is 1.80 bits per heavy atom. The van der Waals surface area contributed by atoms with Crippen LogP contribution < -0.4 is 11.1 Å². The van der Waals surface area contributed by atoms with Crippen molar-refractivity contribution in [1.82, 2.24) is 5.32 Å². The van der Waals surface area contributed by atoms with Crippen LogP contribution in [0.3, 0.4) is 0 Å². The van der Waals surface area contributed by atoms with Gasteiger partial charge in [0.2, 0.25) is 5.91 Å². The molecule has 0 fully saturated rings. The molecule has 1 unspecified atom stereocenters. The monoisotopic (exact) mass is 276 g/mol. The molecule has 3 heteroatoms. The summed E-state index contributed by atoms with van der Waals surface area (Å²) in [6.45, 7) is 10.6. The lowest BCUT2D eigenvalue weighted by Crippen LogP contribution is -2.41. The lowest BCUT2D eigenvalue weighted by atomic mass is 9.86. The minimum absolute atomic E-state index is 0.0144. The summed E-state index contributed by atoms with van der Waals surface area (Å²) < 4.78 is 0. The van der Waals surface area contributed by atoms with Gasteiger partial charge in [0.15, 0.2) is 0 Å². The molecule has 0 saturated carbocycles. The van der Waals surface area contributed by atoms with E-state index < -0.39 is 6.04 Å². The van der Waals surface area contributed by atoms with Gasteiger partial charge in [-0.25, -0.2) is 0 Å². The average Bonchev–Trinajstić information content (AvgIpc) is 2.38. The highest BCUT2D eigenvalue weighted by Gasteiger charge is 2.17. The summed E-state index contributed by atoms with van der Waals surface area (Å²) >= 11 is 0. The number of carbonyl (C=O) groups excluding carboxylic acids is 1. The van der Waals surface area contributed by atoms with E-state index in [-0.39, 0.29) is 17.4 Å². The van der Waals surface area contributed by atoms with Crippen LogP contribution in [-0.4, -0.2) is 11.9 Å². The van der Waals surface area contributed by atoms with Crippen LogP contribution in [0.5, 0.6) is 0 Å². The summed E-state index contributed by atoms with van der Waals surface area (Å²) in [5.41, 5.74) is 8.37. The lowest BCUT2D eigenvalue weighted by molar-refractivity contribution is -0.123. The molecule has 0 aromatic heterocycles. The summed E-state index contributed by atoms with van der Waals surface area (Å²) in [7, 11) is 0. The highest BCUT2D eigenvalue weighted by atomic mass is 16.2. The summed E-state index contributed by atoms with van der Waals surface area (Å²) in [5.74, 6) is -0.0701. The maximum atomic E-state index is 11.9. The van der Waals surface area contributed by atoms with Gasteiger partial charge in [-0.15, -0.1) is 0 Å². The van der Waals surface area contributed by atoms with E-state index in [4.69, 9.17) is 5.73 Å². The Bertz CT molecular complexity index is 431. The van der Waals surface area contributed by atoms with Crippen LogP contribution in [-0.2, 0) is 10.2 Å². The molecule has 0 aliphatic rings. The van der Waals surface area contributed by atoms with Gasteiger partial charge in [0.25, 0.3) is 0 Å². The SMILES string of the molecule is CCC[C@@H](N)C(=O)NC(C)c1ccc(C(C)(C)C)cc1. The lowest BCUT2D eigenvalue weighted by Gasteiger charge is -2.21. The molecule has 20 heavy (non-hydrogen) atoms. The van der Waals surface area contributed by atoms with Crippen molar-refractivity contribution in [1.29, 1.82) is 0 Å². The Balaban J connectivity index is 2.69. The second kappa shape index (κ2) is 6.89. The van der Waals surface area contributed by atoms with Crippen molar-refractivity contribution in [2.24, 2.45) is 5.73 Å². The van der Waals surface area contributed by atoms with Crippen LogP contribution in [0.15, 0.2) is 24.3 Å². The van der Waals surface area contributed by atoms with E-state index in [0.29, 0.717) is 0 Å². The van der Waals surface area contributed by atoms with Crippen LogP contribution in [0.1, 0.15) is 64.6 Å². The van der Waals surface area contributed by atoms with E-state index in [9.17, 15) is 4.79 Å². The molecule has 3 N–H and O–H groups in total. The first-order chi connectivity index (χ1) is 9.25. The molecule has 112 valence electrons. The Morgan fingerprint density at radius 3 is 2.25 bits per heavy atom. The number of benzene rings is 1. The first kappa shape index (κ1) is 16.7. The summed E-state index contributed by atoms with van der Waals surface area (Å²) in [5, 5.41) is 2.98. The number of carbonyl (C=O) groups is 1. The molecule has 2 atom stereocenters. The smallest absolute Gasteiger partial charge is 0.237 e. The van der Waals surface area contributed by atoms with Crippen molar-refractivity contribution < 1.29 is 4.79 Å². The van der Waals surface area contributed by atoms with Gasteiger partial charge in [-0.3, -0.25) is 4.79 Å². The third-order valence-corrected chi connectivity index (χ3v) is 3.57. The molecule has 0 radical (unpaired) electrons. The molecule has 1 rings (SSSR count). The quantitative estimate of drug-likeness (QED) is 0.867. The first-order valence-corrected chi connectivity index (χ1v) is 7.42. The third-order valence-electron chi connectivity index (χ3n) is 3.57. The van der Waals surface area contributed by atoms with Crippen LogP contribution in [0.25, 0.3) is 0 Å². The Hall–Kier alpha value is -1.35. The van der Waals surface area contributed by atoms with Crippen molar-refractivity contribution in [3.63, 3.8) is 0 Å². The maximum Gasteiger partial charge on any atom is 0.237 e. The number of hydrogen-bond acceptors (Lipinski definition) is 2. The molecule has 1 aromatic carbocycles. The fourth-order valence-corrected chi connectivity index (χ4v) is 2.12. The van der Waals surface area contributed by atoms with Crippen LogP contribution in [0.4, 0.5) is 0 Å². The molecule has 0 bridgehead atoms. The third kappa shape index (κ3) is 4.64. The minimum Gasteiger partial charge on any atom is -0.348 e. The van der Waals surface area contributed by atoms with Crippen LogP contribution >= 0.6 is 0 Å². The summed E-state index contributed by atoms with van der Waals surface area (Å²) in [6.07, 6.45) is 1.64. The van der Waals surface area contributed by atoms with Crippen molar-refractivity contribution in [2.45, 2.75) is 65.0 Å². The first-order valence-electron chi connectivity index (χ1n) is 7.42. The normalized spacial score (nSPS) is 14.7. The zero-order valence-electron chi connectivity index (χ0n) is 13.4. The van der Waals surface area contributed by atoms with Gasteiger partial charge < -0.3 is 11.1 Å². The molecule has 1 amide bonds. The van der Waals surface area contributed by atoms with Crippen molar-refractivity contribution in [3.8, 4) is 0 Å². The minimum atomic E-state index is -0.406. The van der Waals surface area contributed by atoms with Gasteiger partial charge >= 0.3 is 0 Å². The molecule has 3 nitrogen and oxygen atoms in total. The summed E-state index contributed by atoms with van der Waals surface area (Å²) in [4.78, 5) is 11.9. The molecular formula is C17H28N2O. The topological polar surface area (TPSA) is 55.1 Å². The average molecular weight is 276 g/mol. The van der Waals surface area contributed by atoms with Crippen molar-refractivity contribution in [2.75, 3.05) is 0 Å². The maximum absolute atomic E-state index is 11.9. The Labute approximate surface area is 122 Å². The number of rotatable bonds is 5. The van der Waals surface area contributed by atoms with E-state index in [0.717, 1.165) is 18.4 Å². The van der Waals surface area contributed by atoms with Crippen molar-refractivity contribution in [3.05, 3.63) is 35.4 Å². The van der Waals surface area contributed by atoms with Gasteiger partial charge in [0.1, 0.15) is 0 Å². The fraction of sp³-hybridized carbons (Fsp3) is 0.588. The van der Waals surface area contributed by atoms with E-state index in [1.54, 1.807) is 0 Å². The molecular weight excluding hydrogens is 248 g/mol.